The van der Waals surface area contributed by atoms with Crippen LogP contribution in [0.1, 0.15) is 13.8 Å². The van der Waals surface area contributed by atoms with Crippen molar-refractivity contribution >= 4 is 39.7 Å². The number of aromatic nitrogens is 3. The van der Waals surface area contributed by atoms with Gasteiger partial charge in [-0.05, 0) is 36.4 Å². The second kappa shape index (κ2) is 4.93. The molecule has 0 unspecified atom stereocenters. The lowest BCUT2D eigenvalue weighted by atomic mass is 10.1. The summed E-state index contributed by atoms with van der Waals surface area (Å²) in [6.45, 7) is 3.76. The maximum Gasteiger partial charge on any atom is 0.411 e. The monoisotopic (exact) mass is 376 g/mol. The average Bonchev–Trinajstić information content (AvgIpc) is 2.53. The standard InChI is InChI=1S/C11H13IN4O3/c1-11(2,18)4-16-3-6(12)7-8(16)14-5-15-9(7)19-10(13)17/h3,5,18H,4H2,1-2H3,(H2,13,17). The quantitative estimate of drug-likeness (QED) is 0.786. The largest absolute Gasteiger partial charge is 0.411 e. The zero-order valence-corrected chi connectivity index (χ0v) is 12.6. The summed E-state index contributed by atoms with van der Waals surface area (Å²) in [5, 5.41) is 10.5. The Balaban J connectivity index is 2.56. The second-order valence-corrected chi connectivity index (χ2v) is 5.88. The van der Waals surface area contributed by atoms with Gasteiger partial charge in [0.2, 0.25) is 5.88 Å². The Hall–Kier alpha value is -1.42. The Morgan fingerprint density at radius 1 is 1.58 bits per heavy atom. The third-order valence-corrected chi connectivity index (χ3v) is 3.14. The lowest BCUT2D eigenvalue weighted by Crippen LogP contribution is -2.25. The number of hydrogen-bond acceptors (Lipinski definition) is 5. The molecule has 2 aromatic heterocycles. The molecule has 0 fully saturated rings. The van der Waals surface area contributed by atoms with Crippen molar-refractivity contribution in [3.8, 4) is 5.88 Å². The fraction of sp³-hybridized carbons (Fsp3) is 0.364. The first-order chi connectivity index (χ1) is 8.78. The fourth-order valence-corrected chi connectivity index (χ4v) is 2.57. The molecular formula is C11H13IN4O3. The molecule has 2 rings (SSSR count). The molecule has 19 heavy (non-hydrogen) atoms. The van der Waals surface area contributed by atoms with Gasteiger partial charge in [-0.3, -0.25) is 0 Å². The van der Waals surface area contributed by atoms with Crippen LogP contribution in [0.2, 0.25) is 0 Å². The van der Waals surface area contributed by atoms with Crippen LogP contribution in [0.5, 0.6) is 5.88 Å². The molecule has 0 spiro atoms. The molecule has 0 saturated carbocycles. The summed E-state index contributed by atoms with van der Waals surface area (Å²) in [5.41, 5.74) is 4.70. The fourth-order valence-electron chi connectivity index (χ4n) is 1.76. The zero-order valence-electron chi connectivity index (χ0n) is 10.4. The summed E-state index contributed by atoms with van der Waals surface area (Å²) in [7, 11) is 0. The highest BCUT2D eigenvalue weighted by Crippen LogP contribution is 2.29. The van der Waals surface area contributed by atoms with Crippen LogP contribution in [0.4, 0.5) is 4.79 Å². The van der Waals surface area contributed by atoms with Gasteiger partial charge in [0.15, 0.2) is 0 Å². The molecule has 3 N–H and O–H groups in total. The molecule has 0 aromatic carbocycles. The molecule has 2 heterocycles. The minimum absolute atomic E-state index is 0.122. The van der Waals surface area contributed by atoms with Crippen molar-refractivity contribution in [2.24, 2.45) is 5.73 Å². The molecular weight excluding hydrogens is 363 g/mol. The van der Waals surface area contributed by atoms with Gasteiger partial charge in [0, 0.05) is 9.77 Å². The molecule has 1 amide bonds. The number of halogens is 1. The first-order valence-corrected chi connectivity index (χ1v) is 6.55. The SMILES string of the molecule is CC(C)(O)Cn1cc(I)c2c(OC(N)=O)ncnc21. The smallest absolute Gasteiger partial charge is 0.391 e. The molecule has 8 heteroatoms. The van der Waals surface area contributed by atoms with Gasteiger partial charge in [-0.1, -0.05) is 0 Å². The van der Waals surface area contributed by atoms with Gasteiger partial charge in [-0.25, -0.2) is 14.8 Å². The Labute approximate surface area is 122 Å². The van der Waals surface area contributed by atoms with Crippen LogP contribution in [0.15, 0.2) is 12.5 Å². The predicted molar refractivity (Wildman–Crippen MR) is 76.8 cm³/mol. The number of nitrogens with zero attached hydrogens (tertiary/aromatic N) is 3. The molecule has 0 bridgehead atoms. The van der Waals surface area contributed by atoms with Gasteiger partial charge in [-0.15, -0.1) is 0 Å². The Kier molecular flexibility index (Phi) is 3.63. The molecule has 0 aliphatic heterocycles. The van der Waals surface area contributed by atoms with Crippen molar-refractivity contribution in [3.63, 3.8) is 0 Å². The van der Waals surface area contributed by atoms with E-state index in [1.807, 2.05) is 6.20 Å². The highest BCUT2D eigenvalue weighted by atomic mass is 127. The summed E-state index contributed by atoms with van der Waals surface area (Å²) in [6.07, 6.45) is 2.18. The molecule has 0 radical (unpaired) electrons. The highest BCUT2D eigenvalue weighted by Gasteiger charge is 2.20. The van der Waals surface area contributed by atoms with Crippen molar-refractivity contribution in [2.45, 2.75) is 26.0 Å². The first kappa shape index (κ1) is 14.0. The Morgan fingerprint density at radius 3 is 2.84 bits per heavy atom. The number of nitrogens with two attached hydrogens (primary N) is 1. The lowest BCUT2D eigenvalue weighted by molar-refractivity contribution is 0.0626. The molecule has 2 aromatic rings. The van der Waals surface area contributed by atoms with Crippen molar-refractivity contribution in [2.75, 3.05) is 0 Å². The number of fused-ring (bicyclic) bond motifs is 1. The second-order valence-electron chi connectivity index (χ2n) is 4.72. The van der Waals surface area contributed by atoms with E-state index in [2.05, 4.69) is 32.6 Å². The normalized spacial score (nSPS) is 11.8. The van der Waals surface area contributed by atoms with Crippen molar-refractivity contribution in [3.05, 3.63) is 16.1 Å². The van der Waals surface area contributed by atoms with Crippen LogP contribution in [-0.4, -0.2) is 31.3 Å². The first-order valence-electron chi connectivity index (χ1n) is 5.47. The topological polar surface area (TPSA) is 103 Å². The van der Waals surface area contributed by atoms with Crippen LogP contribution in [0, 0.1) is 3.57 Å². The predicted octanol–water partition coefficient (Wildman–Crippen LogP) is 1.26. The minimum Gasteiger partial charge on any atom is -0.391 e. The van der Waals surface area contributed by atoms with E-state index >= 15 is 0 Å². The molecule has 102 valence electrons. The van der Waals surface area contributed by atoms with Gasteiger partial charge in [0.05, 0.1) is 17.5 Å². The third-order valence-electron chi connectivity index (χ3n) is 2.33. The number of carbonyl (C=O) groups is 1. The van der Waals surface area contributed by atoms with Gasteiger partial charge in [-0.2, -0.15) is 0 Å². The van der Waals surface area contributed by atoms with E-state index in [1.54, 1.807) is 18.4 Å². The number of hydrogen-bond donors (Lipinski definition) is 2. The van der Waals surface area contributed by atoms with E-state index in [9.17, 15) is 9.90 Å². The van der Waals surface area contributed by atoms with Crippen LogP contribution in [-0.2, 0) is 6.54 Å². The molecule has 0 saturated heterocycles. The van der Waals surface area contributed by atoms with Crippen LogP contribution in [0.3, 0.4) is 0 Å². The maximum atomic E-state index is 10.8. The van der Waals surface area contributed by atoms with Crippen molar-refractivity contribution in [1.82, 2.24) is 14.5 Å². The van der Waals surface area contributed by atoms with E-state index in [1.165, 1.54) is 6.33 Å². The Morgan fingerprint density at radius 2 is 2.26 bits per heavy atom. The Bertz CT molecular complexity index is 633. The van der Waals surface area contributed by atoms with Crippen LogP contribution >= 0.6 is 22.6 Å². The van der Waals surface area contributed by atoms with E-state index in [4.69, 9.17) is 10.5 Å². The number of carbonyl (C=O) groups excluding carboxylic acids is 1. The van der Waals surface area contributed by atoms with Gasteiger partial charge >= 0.3 is 6.09 Å². The highest BCUT2D eigenvalue weighted by molar-refractivity contribution is 14.1. The molecule has 0 aliphatic carbocycles. The number of rotatable bonds is 3. The minimum atomic E-state index is -0.925. The van der Waals surface area contributed by atoms with E-state index in [0.29, 0.717) is 17.6 Å². The van der Waals surface area contributed by atoms with Gasteiger partial charge < -0.3 is 20.1 Å². The summed E-state index contributed by atoms with van der Waals surface area (Å²) in [4.78, 5) is 18.9. The molecule has 7 nitrogen and oxygen atoms in total. The van der Waals surface area contributed by atoms with E-state index < -0.39 is 11.7 Å². The zero-order chi connectivity index (χ0) is 14.2. The van der Waals surface area contributed by atoms with E-state index in [-0.39, 0.29) is 5.88 Å². The van der Waals surface area contributed by atoms with Crippen molar-refractivity contribution in [1.29, 1.82) is 0 Å². The summed E-state index contributed by atoms with van der Waals surface area (Å²) >= 11 is 2.09. The summed E-state index contributed by atoms with van der Waals surface area (Å²) < 4.78 is 7.46. The van der Waals surface area contributed by atoms with E-state index in [0.717, 1.165) is 3.57 Å². The molecule has 0 aliphatic rings. The average molecular weight is 376 g/mol. The van der Waals surface area contributed by atoms with Gasteiger partial charge in [0.1, 0.15) is 12.0 Å². The number of amides is 1. The maximum absolute atomic E-state index is 10.8. The number of ether oxygens (including phenoxy) is 1. The van der Waals surface area contributed by atoms with Gasteiger partial charge in [0.25, 0.3) is 0 Å². The number of primary amides is 1. The van der Waals surface area contributed by atoms with Crippen LogP contribution in [0.25, 0.3) is 11.0 Å². The number of aliphatic hydroxyl groups is 1. The summed E-state index contributed by atoms with van der Waals surface area (Å²) in [6, 6.07) is 0. The van der Waals surface area contributed by atoms with Crippen LogP contribution < -0.4 is 10.5 Å². The lowest BCUT2D eigenvalue weighted by Gasteiger charge is -2.18. The molecule has 0 atom stereocenters. The summed E-state index contributed by atoms with van der Waals surface area (Å²) in [5.74, 6) is 0.122. The third kappa shape index (κ3) is 3.13. The van der Waals surface area contributed by atoms with Crippen molar-refractivity contribution < 1.29 is 14.6 Å².